The molecule has 2 aliphatic carbocycles. The van der Waals surface area contributed by atoms with Crippen LogP contribution in [0.15, 0.2) is 194 Å². The SMILES string of the molecule is c1ccc(-c2nc3ccccn3c2-c2ccccc2-c2nc(-c3ccc4c(c3)C3(c5ccccc5-c5ccccc53)c3ccccc3-4)c3ccccc3n2)cc1. The van der Waals surface area contributed by atoms with Crippen LogP contribution in [-0.2, 0) is 5.41 Å². The molecule has 1 spiro atoms. The zero-order chi connectivity index (χ0) is 36.8. The molecule has 0 saturated carbocycles. The Morgan fingerprint density at radius 2 is 0.946 bits per heavy atom. The van der Waals surface area contributed by atoms with Gasteiger partial charge in [0.05, 0.1) is 28.0 Å². The van der Waals surface area contributed by atoms with Crippen molar-refractivity contribution in [3.05, 3.63) is 217 Å². The van der Waals surface area contributed by atoms with Crippen molar-refractivity contribution in [3.8, 4) is 67.4 Å². The van der Waals surface area contributed by atoms with Crippen LogP contribution in [-0.4, -0.2) is 19.4 Å². The summed E-state index contributed by atoms with van der Waals surface area (Å²) in [5.74, 6) is 0.675. The highest BCUT2D eigenvalue weighted by atomic mass is 15.0. The summed E-state index contributed by atoms with van der Waals surface area (Å²) in [6, 6.07) is 67.3. The van der Waals surface area contributed by atoms with Crippen LogP contribution in [0.1, 0.15) is 22.3 Å². The van der Waals surface area contributed by atoms with E-state index in [-0.39, 0.29) is 0 Å². The molecular weight excluding hydrogens is 681 g/mol. The normalized spacial score (nSPS) is 13.1. The Balaban J connectivity index is 1.11. The minimum Gasteiger partial charge on any atom is -0.299 e. The quantitative estimate of drug-likeness (QED) is 0.182. The van der Waals surface area contributed by atoms with Gasteiger partial charge in [0, 0.05) is 33.8 Å². The molecule has 0 atom stereocenters. The van der Waals surface area contributed by atoms with Crippen LogP contribution >= 0.6 is 0 Å². The highest BCUT2D eigenvalue weighted by Crippen LogP contribution is 2.63. The average molecular weight is 713 g/mol. The molecule has 4 heteroatoms. The largest absolute Gasteiger partial charge is 0.299 e. The first-order valence-electron chi connectivity index (χ1n) is 19.1. The van der Waals surface area contributed by atoms with E-state index in [1.54, 1.807) is 0 Å². The average Bonchev–Trinajstić information content (AvgIpc) is 3.91. The first-order valence-corrected chi connectivity index (χ1v) is 19.1. The van der Waals surface area contributed by atoms with Gasteiger partial charge in [0.15, 0.2) is 5.82 Å². The molecule has 3 heterocycles. The molecule has 0 unspecified atom stereocenters. The molecule has 4 nitrogen and oxygen atoms in total. The minimum atomic E-state index is -0.440. The molecule has 0 radical (unpaired) electrons. The summed E-state index contributed by atoms with van der Waals surface area (Å²) in [4.78, 5) is 16.0. The van der Waals surface area contributed by atoms with Gasteiger partial charge in [0.2, 0.25) is 0 Å². The van der Waals surface area contributed by atoms with Crippen LogP contribution < -0.4 is 0 Å². The number of fused-ring (bicyclic) bond motifs is 12. The van der Waals surface area contributed by atoms with Crippen molar-refractivity contribution >= 4 is 16.6 Å². The Hall–Kier alpha value is -7.43. The molecule has 56 heavy (non-hydrogen) atoms. The van der Waals surface area contributed by atoms with Crippen molar-refractivity contribution in [3.63, 3.8) is 0 Å². The lowest BCUT2D eigenvalue weighted by Crippen LogP contribution is -2.25. The van der Waals surface area contributed by atoms with E-state index in [0.29, 0.717) is 5.82 Å². The number of para-hydroxylation sites is 1. The monoisotopic (exact) mass is 712 g/mol. The van der Waals surface area contributed by atoms with Gasteiger partial charge in [-0.2, -0.15) is 0 Å². The summed E-state index contributed by atoms with van der Waals surface area (Å²) in [5, 5.41) is 1.02. The van der Waals surface area contributed by atoms with E-state index in [4.69, 9.17) is 15.0 Å². The van der Waals surface area contributed by atoms with E-state index in [9.17, 15) is 0 Å². The van der Waals surface area contributed by atoms with Crippen molar-refractivity contribution in [2.24, 2.45) is 0 Å². The van der Waals surface area contributed by atoms with Crippen molar-refractivity contribution in [1.82, 2.24) is 19.4 Å². The van der Waals surface area contributed by atoms with Crippen molar-refractivity contribution in [2.75, 3.05) is 0 Å². The third kappa shape index (κ3) is 4.21. The van der Waals surface area contributed by atoms with Gasteiger partial charge in [-0.3, -0.25) is 4.40 Å². The molecule has 260 valence electrons. The molecule has 0 aliphatic heterocycles. The number of pyridine rings is 1. The maximum Gasteiger partial charge on any atom is 0.161 e. The summed E-state index contributed by atoms with van der Waals surface area (Å²) < 4.78 is 2.18. The summed E-state index contributed by atoms with van der Waals surface area (Å²) in [6.45, 7) is 0. The second-order valence-corrected chi connectivity index (χ2v) is 14.7. The number of nitrogens with zero attached hydrogens (tertiary/aromatic N) is 4. The Bertz CT molecular complexity index is 3150. The third-order valence-electron chi connectivity index (χ3n) is 11.9. The summed E-state index contributed by atoms with van der Waals surface area (Å²) in [6.07, 6.45) is 2.09. The van der Waals surface area contributed by atoms with Gasteiger partial charge in [0.25, 0.3) is 0 Å². The van der Waals surface area contributed by atoms with Gasteiger partial charge in [-0.1, -0.05) is 164 Å². The van der Waals surface area contributed by atoms with E-state index in [1.807, 2.05) is 12.1 Å². The molecule has 10 aromatic rings. The van der Waals surface area contributed by atoms with Gasteiger partial charge in [-0.15, -0.1) is 0 Å². The standard InChI is InChI=1S/C52H32N4/c1-2-16-33(17-3-1)49-50(56-31-15-14-28-47(56)54-49)39-21-4-5-22-40(39)51-53-46-27-13-9-23-41(46)48(55-51)34-29-30-38-37-20-8-12-26-44(37)52(45(38)32-34)42-24-10-6-18-35(42)36-19-7-11-25-43(36)52/h1-32H. The van der Waals surface area contributed by atoms with E-state index in [2.05, 4.69) is 187 Å². The smallest absolute Gasteiger partial charge is 0.161 e. The Morgan fingerprint density at radius 3 is 1.66 bits per heavy atom. The van der Waals surface area contributed by atoms with E-state index >= 15 is 0 Å². The molecule has 7 aromatic carbocycles. The second kappa shape index (κ2) is 11.8. The van der Waals surface area contributed by atoms with Gasteiger partial charge in [0.1, 0.15) is 5.65 Å². The zero-order valence-corrected chi connectivity index (χ0v) is 30.3. The molecule has 0 fully saturated rings. The van der Waals surface area contributed by atoms with E-state index in [0.717, 1.165) is 55.9 Å². The zero-order valence-electron chi connectivity index (χ0n) is 30.3. The minimum absolute atomic E-state index is 0.440. The van der Waals surface area contributed by atoms with E-state index in [1.165, 1.54) is 44.5 Å². The predicted molar refractivity (Wildman–Crippen MR) is 226 cm³/mol. The number of imidazole rings is 1. The van der Waals surface area contributed by atoms with E-state index < -0.39 is 5.41 Å². The van der Waals surface area contributed by atoms with Crippen LogP contribution in [0.2, 0.25) is 0 Å². The first kappa shape index (κ1) is 31.0. The second-order valence-electron chi connectivity index (χ2n) is 14.7. The van der Waals surface area contributed by atoms with Gasteiger partial charge >= 0.3 is 0 Å². The van der Waals surface area contributed by atoms with Crippen molar-refractivity contribution in [1.29, 1.82) is 0 Å². The van der Waals surface area contributed by atoms with Gasteiger partial charge in [-0.25, -0.2) is 15.0 Å². The Labute approximate surface area is 324 Å². The van der Waals surface area contributed by atoms with Crippen LogP contribution in [0.3, 0.4) is 0 Å². The van der Waals surface area contributed by atoms with Gasteiger partial charge in [-0.05, 0) is 68.8 Å². The van der Waals surface area contributed by atoms with Crippen LogP contribution in [0.25, 0.3) is 84.0 Å². The van der Waals surface area contributed by atoms with Crippen LogP contribution in [0.5, 0.6) is 0 Å². The Morgan fingerprint density at radius 1 is 0.375 bits per heavy atom. The molecular formula is C52H32N4. The summed E-state index contributed by atoms with van der Waals surface area (Å²) in [7, 11) is 0. The highest BCUT2D eigenvalue weighted by molar-refractivity contribution is 5.99. The fraction of sp³-hybridized carbons (Fsp3) is 0.0192. The Kier molecular flexibility index (Phi) is 6.52. The van der Waals surface area contributed by atoms with Crippen molar-refractivity contribution in [2.45, 2.75) is 5.41 Å². The molecule has 2 aliphatic rings. The molecule has 0 saturated heterocycles. The molecule has 3 aromatic heterocycles. The maximum absolute atomic E-state index is 5.53. The predicted octanol–water partition coefficient (Wildman–Crippen LogP) is 12.3. The lowest BCUT2D eigenvalue weighted by atomic mass is 9.70. The number of benzene rings is 7. The third-order valence-corrected chi connectivity index (χ3v) is 11.9. The summed E-state index contributed by atoms with van der Waals surface area (Å²) >= 11 is 0. The van der Waals surface area contributed by atoms with Crippen molar-refractivity contribution < 1.29 is 0 Å². The lowest BCUT2D eigenvalue weighted by molar-refractivity contribution is 0.794. The first-order chi connectivity index (χ1) is 27.8. The number of rotatable bonds is 4. The maximum atomic E-state index is 5.53. The van der Waals surface area contributed by atoms with Crippen LogP contribution in [0, 0.1) is 0 Å². The number of hydrogen-bond donors (Lipinski definition) is 0. The molecule has 12 rings (SSSR count). The highest BCUT2D eigenvalue weighted by Gasteiger charge is 2.51. The molecule has 0 N–H and O–H groups in total. The molecule has 0 bridgehead atoms. The van der Waals surface area contributed by atoms with Crippen LogP contribution in [0.4, 0.5) is 0 Å². The lowest BCUT2D eigenvalue weighted by Gasteiger charge is -2.30. The fourth-order valence-corrected chi connectivity index (χ4v) is 9.59. The number of hydrogen-bond acceptors (Lipinski definition) is 3. The number of aromatic nitrogens is 4. The molecule has 0 amide bonds. The summed E-state index contributed by atoms with van der Waals surface area (Å²) in [5.41, 5.74) is 18.7. The van der Waals surface area contributed by atoms with Gasteiger partial charge < -0.3 is 0 Å². The topological polar surface area (TPSA) is 43.1 Å². The fourth-order valence-electron chi connectivity index (χ4n) is 9.59.